The highest BCUT2D eigenvalue weighted by molar-refractivity contribution is 6.03. The Hall–Kier alpha value is -2.67. The van der Waals surface area contributed by atoms with Gasteiger partial charge >= 0.3 is 0 Å². The summed E-state index contributed by atoms with van der Waals surface area (Å²) in [4.78, 5) is 43.7. The number of amides is 3. The third-order valence-corrected chi connectivity index (χ3v) is 9.63. The second kappa shape index (κ2) is 10.1. The lowest BCUT2D eigenvalue weighted by Gasteiger charge is -2.39. The first kappa shape index (κ1) is 25.6. The first-order chi connectivity index (χ1) is 18.4. The van der Waals surface area contributed by atoms with Crippen molar-refractivity contribution in [3.05, 3.63) is 42.0 Å². The molecular formula is C31H41N3O4. The number of carbonyl (C=O) groups is 3. The van der Waals surface area contributed by atoms with Crippen LogP contribution in [0.25, 0.3) is 0 Å². The molecular weight excluding hydrogens is 478 g/mol. The van der Waals surface area contributed by atoms with E-state index in [9.17, 15) is 14.4 Å². The Bertz CT molecular complexity index is 1100. The minimum Gasteiger partial charge on any atom is -0.359 e. The number of nitrogens with zero attached hydrogens (tertiary/aromatic N) is 1. The minimum absolute atomic E-state index is 0.0154. The van der Waals surface area contributed by atoms with Crippen molar-refractivity contribution >= 4 is 23.4 Å². The second-order valence-corrected chi connectivity index (χ2v) is 12.3. The Morgan fingerprint density at radius 2 is 1.61 bits per heavy atom. The van der Waals surface area contributed by atoms with E-state index >= 15 is 0 Å². The molecule has 2 saturated carbocycles. The molecule has 5 aliphatic rings. The average molecular weight is 520 g/mol. The van der Waals surface area contributed by atoms with Gasteiger partial charge in [-0.3, -0.25) is 14.4 Å². The molecule has 6 rings (SSSR count). The van der Waals surface area contributed by atoms with Crippen molar-refractivity contribution in [2.45, 2.75) is 114 Å². The van der Waals surface area contributed by atoms with E-state index in [0.717, 1.165) is 57.8 Å². The molecule has 2 saturated heterocycles. The summed E-state index contributed by atoms with van der Waals surface area (Å²) in [7, 11) is 0. The van der Waals surface area contributed by atoms with Crippen LogP contribution in [-0.2, 0) is 19.1 Å². The Balaban J connectivity index is 1.29. The maximum absolute atomic E-state index is 14.2. The van der Waals surface area contributed by atoms with Crippen molar-refractivity contribution in [3.63, 3.8) is 0 Å². The highest BCUT2D eigenvalue weighted by Crippen LogP contribution is 2.56. The van der Waals surface area contributed by atoms with Gasteiger partial charge in [0.05, 0.1) is 17.9 Å². The van der Waals surface area contributed by atoms with Crippen LogP contribution in [0.1, 0.15) is 89.5 Å². The molecule has 5 unspecified atom stereocenters. The number of benzene rings is 1. The first-order valence-electron chi connectivity index (χ1n) is 14.8. The largest absolute Gasteiger partial charge is 0.359 e. The first-order valence-corrected chi connectivity index (χ1v) is 14.8. The predicted octanol–water partition coefficient (Wildman–Crippen LogP) is 4.68. The second-order valence-electron chi connectivity index (χ2n) is 12.3. The van der Waals surface area contributed by atoms with Crippen molar-refractivity contribution < 1.29 is 19.1 Å². The predicted molar refractivity (Wildman–Crippen MR) is 145 cm³/mol. The van der Waals surface area contributed by atoms with Crippen LogP contribution in [-0.4, -0.2) is 52.5 Å². The maximum Gasteiger partial charge on any atom is 0.246 e. The molecule has 0 radical (unpaired) electrons. The molecule has 7 heteroatoms. The lowest BCUT2D eigenvalue weighted by molar-refractivity contribution is -0.144. The van der Waals surface area contributed by atoms with Crippen molar-refractivity contribution in [1.29, 1.82) is 0 Å². The van der Waals surface area contributed by atoms with Gasteiger partial charge in [0.25, 0.3) is 0 Å². The summed E-state index contributed by atoms with van der Waals surface area (Å²) in [5, 5.41) is 6.34. The molecule has 7 nitrogen and oxygen atoms in total. The van der Waals surface area contributed by atoms with Crippen LogP contribution < -0.4 is 10.6 Å². The molecule has 1 aromatic carbocycles. The molecule has 3 aliphatic heterocycles. The summed E-state index contributed by atoms with van der Waals surface area (Å²) in [6.07, 6.45) is 13.8. The van der Waals surface area contributed by atoms with Gasteiger partial charge in [-0.05, 0) is 49.3 Å². The quantitative estimate of drug-likeness (QED) is 0.534. The third-order valence-electron chi connectivity index (χ3n) is 9.63. The number of carbonyl (C=O) groups excluding carboxylic acids is 3. The lowest BCUT2D eigenvalue weighted by atomic mass is 9.74. The van der Waals surface area contributed by atoms with Gasteiger partial charge in [-0.1, -0.05) is 76.7 Å². The number of rotatable bonds is 6. The monoisotopic (exact) mass is 519 g/mol. The maximum atomic E-state index is 14.2. The van der Waals surface area contributed by atoms with Gasteiger partial charge in [0.1, 0.15) is 11.6 Å². The number of ether oxygens (including phenoxy) is 1. The van der Waals surface area contributed by atoms with Crippen LogP contribution in [0.3, 0.4) is 0 Å². The number of nitrogens with one attached hydrogen (secondary N) is 2. The third kappa shape index (κ3) is 4.27. The normalized spacial score (nSPS) is 33.1. The lowest BCUT2D eigenvalue weighted by Crippen LogP contribution is -2.58. The molecule has 4 fully saturated rings. The molecule has 38 heavy (non-hydrogen) atoms. The van der Waals surface area contributed by atoms with Crippen LogP contribution in [0.15, 0.2) is 36.4 Å². The Morgan fingerprint density at radius 1 is 0.947 bits per heavy atom. The van der Waals surface area contributed by atoms with Gasteiger partial charge in [0.2, 0.25) is 17.7 Å². The van der Waals surface area contributed by atoms with E-state index in [4.69, 9.17) is 4.74 Å². The summed E-state index contributed by atoms with van der Waals surface area (Å²) in [6.45, 7) is 4.27. The number of hydrogen-bond acceptors (Lipinski definition) is 4. The van der Waals surface area contributed by atoms with Crippen LogP contribution in [0.5, 0.6) is 0 Å². The number of anilines is 1. The van der Waals surface area contributed by atoms with Gasteiger partial charge in [0.15, 0.2) is 0 Å². The van der Waals surface area contributed by atoms with Gasteiger partial charge in [-0.25, -0.2) is 0 Å². The molecule has 204 valence electrons. The van der Waals surface area contributed by atoms with E-state index < -0.39 is 29.6 Å². The fourth-order valence-corrected chi connectivity index (χ4v) is 7.66. The fourth-order valence-electron chi connectivity index (χ4n) is 7.66. The highest BCUT2D eigenvalue weighted by Gasteiger charge is 2.73. The molecule has 1 spiro atoms. The van der Waals surface area contributed by atoms with Crippen molar-refractivity contribution in [1.82, 2.24) is 10.2 Å². The van der Waals surface area contributed by atoms with E-state index in [1.165, 1.54) is 12.0 Å². The average Bonchev–Trinajstić information content (AvgIpc) is 3.57. The van der Waals surface area contributed by atoms with Gasteiger partial charge in [-0.2, -0.15) is 0 Å². The molecule has 2 aliphatic carbocycles. The molecule has 3 heterocycles. The fraction of sp³-hybridized carbons (Fsp3) is 0.645. The topological polar surface area (TPSA) is 87.7 Å². The zero-order valence-corrected chi connectivity index (χ0v) is 22.7. The zero-order chi connectivity index (χ0) is 26.4. The van der Waals surface area contributed by atoms with Crippen LogP contribution in [0.2, 0.25) is 0 Å². The SMILES string of the molecule is CC(C)c1ccc(NC(=O)C2C3C=CC4(O3)C2C(=O)N(C2CCCCC2)C4C(=O)NC2CCCCC2)cc1. The van der Waals surface area contributed by atoms with E-state index in [-0.39, 0.29) is 29.8 Å². The summed E-state index contributed by atoms with van der Waals surface area (Å²) < 4.78 is 6.53. The van der Waals surface area contributed by atoms with Gasteiger partial charge in [0, 0.05) is 17.8 Å². The molecule has 2 bridgehead atoms. The molecule has 3 amide bonds. The molecule has 1 aromatic rings. The van der Waals surface area contributed by atoms with Crippen molar-refractivity contribution in [2.75, 3.05) is 5.32 Å². The Morgan fingerprint density at radius 3 is 2.26 bits per heavy atom. The standard InChI is InChI=1S/C31H41N3O4/c1-19(2)20-13-15-22(16-14-20)32-28(35)25-24-17-18-31(38-24)26(25)30(37)34(23-11-7-4-8-12-23)27(31)29(36)33-21-9-5-3-6-10-21/h13-19,21,23-27H,3-12H2,1-2H3,(H,32,35)(H,33,36). The van der Waals surface area contributed by atoms with E-state index in [0.29, 0.717) is 11.6 Å². The number of likely N-dealkylation sites (tertiary alicyclic amines) is 1. The van der Waals surface area contributed by atoms with E-state index in [1.807, 2.05) is 41.3 Å². The summed E-state index contributed by atoms with van der Waals surface area (Å²) >= 11 is 0. The van der Waals surface area contributed by atoms with Gasteiger partial charge in [-0.15, -0.1) is 0 Å². The van der Waals surface area contributed by atoms with Crippen molar-refractivity contribution in [3.8, 4) is 0 Å². The Kier molecular flexibility index (Phi) is 6.83. The van der Waals surface area contributed by atoms with Crippen LogP contribution in [0, 0.1) is 11.8 Å². The summed E-state index contributed by atoms with van der Waals surface area (Å²) in [6, 6.07) is 7.31. The van der Waals surface area contributed by atoms with Gasteiger partial charge < -0.3 is 20.3 Å². The number of fused-ring (bicyclic) bond motifs is 1. The summed E-state index contributed by atoms with van der Waals surface area (Å²) in [5.74, 6) is -1.36. The van der Waals surface area contributed by atoms with E-state index in [1.54, 1.807) is 0 Å². The number of hydrogen-bond donors (Lipinski definition) is 2. The smallest absolute Gasteiger partial charge is 0.246 e. The zero-order valence-electron chi connectivity index (χ0n) is 22.7. The Labute approximate surface area is 225 Å². The van der Waals surface area contributed by atoms with Crippen LogP contribution in [0.4, 0.5) is 5.69 Å². The van der Waals surface area contributed by atoms with Crippen molar-refractivity contribution in [2.24, 2.45) is 11.8 Å². The highest BCUT2D eigenvalue weighted by atomic mass is 16.5. The van der Waals surface area contributed by atoms with Crippen LogP contribution >= 0.6 is 0 Å². The molecule has 2 N–H and O–H groups in total. The molecule has 5 atom stereocenters. The minimum atomic E-state index is -1.08. The summed E-state index contributed by atoms with van der Waals surface area (Å²) in [5.41, 5.74) is 0.831. The molecule has 0 aromatic heterocycles. The van der Waals surface area contributed by atoms with E-state index in [2.05, 4.69) is 24.5 Å².